The fourth-order valence-corrected chi connectivity index (χ4v) is 3.24. The van der Waals surface area contributed by atoms with Gasteiger partial charge in [0.05, 0.1) is 6.61 Å². The van der Waals surface area contributed by atoms with Gasteiger partial charge in [-0.15, -0.1) is 0 Å². The van der Waals surface area contributed by atoms with E-state index in [0.717, 1.165) is 42.6 Å². The van der Waals surface area contributed by atoms with Gasteiger partial charge in [-0.2, -0.15) is 0 Å². The summed E-state index contributed by atoms with van der Waals surface area (Å²) in [4.78, 5) is 14.3. The standard InChI is InChI=1S/C18H25N3O2/c1-14-4-3-8-21(13-14)18(22)19-16-5-6-17-15(12-16)7-9-20(17)10-11-23-2/h5-7,9,12,14H,3-4,8,10-11,13H2,1-2H3,(H,19,22)/t14-/m0/s1. The Labute approximate surface area is 137 Å². The smallest absolute Gasteiger partial charge is 0.321 e. The highest BCUT2D eigenvalue weighted by Crippen LogP contribution is 2.22. The maximum Gasteiger partial charge on any atom is 0.321 e. The van der Waals surface area contributed by atoms with Gasteiger partial charge in [-0.05, 0) is 43.0 Å². The maximum atomic E-state index is 12.4. The molecule has 3 rings (SSSR count). The molecule has 5 heteroatoms. The molecule has 0 bridgehead atoms. The van der Waals surface area contributed by atoms with Gasteiger partial charge < -0.3 is 19.5 Å². The molecule has 0 spiro atoms. The molecule has 1 N–H and O–H groups in total. The van der Waals surface area contributed by atoms with E-state index in [0.29, 0.717) is 12.5 Å². The van der Waals surface area contributed by atoms with Crippen LogP contribution >= 0.6 is 0 Å². The van der Waals surface area contributed by atoms with Crippen LogP contribution < -0.4 is 5.32 Å². The third-order valence-corrected chi connectivity index (χ3v) is 4.50. The van der Waals surface area contributed by atoms with Gasteiger partial charge in [-0.3, -0.25) is 0 Å². The number of rotatable bonds is 4. The zero-order valence-electron chi connectivity index (χ0n) is 13.9. The summed E-state index contributed by atoms with van der Waals surface area (Å²) < 4.78 is 7.30. The lowest BCUT2D eigenvalue weighted by Gasteiger charge is -2.30. The molecule has 1 aliphatic rings. The molecule has 1 atom stereocenters. The molecule has 5 nitrogen and oxygen atoms in total. The van der Waals surface area contributed by atoms with Crippen molar-refractivity contribution < 1.29 is 9.53 Å². The zero-order valence-corrected chi connectivity index (χ0v) is 13.9. The number of urea groups is 1. The molecule has 23 heavy (non-hydrogen) atoms. The monoisotopic (exact) mass is 315 g/mol. The second kappa shape index (κ2) is 7.04. The Kier molecular flexibility index (Phi) is 4.86. The molecular weight excluding hydrogens is 290 g/mol. The minimum Gasteiger partial charge on any atom is -0.383 e. The first-order chi connectivity index (χ1) is 11.2. The van der Waals surface area contributed by atoms with Crippen molar-refractivity contribution >= 4 is 22.6 Å². The van der Waals surface area contributed by atoms with E-state index in [1.165, 1.54) is 6.42 Å². The molecule has 1 fully saturated rings. The normalized spacial score (nSPS) is 18.3. The summed E-state index contributed by atoms with van der Waals surface area (Å²) in [7, 11) is 1.71. The van der Waals surface area contributed by atoms with Crippen LogP contribution in [0.2, 0.25) is 0 Å². The van der Waals surface area contributed by atoms with Gasteiger partial charge in [0.25, 0.3) is 0 Å². The number of amides is 2. The van der Waals surface area contributed by atoms with Crippen LogP contribution in [0.5, 0.6) is 0 Å². The summed E-state index contributed by atoms with van der Waals surface area (Å²) >= 11 is 0. The second-order valence-electron chi connectivity index (χ2n) is 6.40. The zero-order chi connectivity index (χ0) is 16.2. The Bertz CT molecular complexity index is 680. The van der Waals surface area contributed by atoms with Gasteiger partial charge in [-0.1, -0.05) is 6.92 Å². The van der Waals surface area contributed by atoms with Crippen molar-refractivity contribution in [3.8, 4) is 0 Å². The van der Waals surface area contributed by atoms with E-state index in [2.05, 4.69) is 35.1 Å². The number of hydrogen-bond acceptors (Lipinski definition) is 2. The van der Waals surface area contributed by atoms with Gasteiger partial charge in [0.2, 0.25) is 0 Å². The fourth-order valence-electron chi connectivity index (χ4n) is 3.24. The van der Waals surface area contributed by atoms with Crippen LogP contribution in [0.4, 0.5) is 10.5 Å². The highest BCUT2D eigenvalue weighted by molar-refractivity contribution is 5.93. The van der Waals surface area contributed by atoms with Crippen molar-refractivity contribution in [2.45, 2.75) is 26.3 Å². The van der Waals surface area contributed by atoms with E-state index in [4.69, 9.17) is 4.74 Å². The van der Waals surface area contributed by atoms with Gasteiger partial charge in [0.1, 0.15) is 0 Å². The summed E-state index contributed by atoms with van der Waals surface area (Å²) in [6, 6.07) is 8.14. The number of aromatic nitrogens is 1. The van der Waals surface area contributed by atoms with Crippen LogP contribution in [-0.2, 0) is 11.3 Å². The topological polar surface area (TPSA) is 46.5 Å². The minimum atomic E-state index is 0.00900. The van der Waals surface area contributed by atoms with Gasteiger partial charge >= 0.3 is 6.03 Å². The largest absolute Gasteiger partial charge is 0.383 e. The number of carbonyl (C=O) groups is 1. The maximum absolute atomic E-state index is 12.4. The molecule has 2 heterocycles. The number of fused-ring (bicyclic) bond motifs is 1. The van der Waals surface area contributed by atoms with Crippen molar-refractivity contribution in [2.24, 2.45) is 5.92 Å². The van der Waals surface area contributed by atoms with Crippen LogP contribution in [0.25, 0.3) is 10.9 Å². The number of benzene rings is 1. The van der Waals surface area contributed by atoms with E-state index in [-0.39, 0.29) is 6.03 Å². The SMILES string of the molecule is COCCn1ccc2cc(NC(=O)N3CCC[C@H](C)C3)ccc21. The van der Waals surface area contributed by atoms with Crippen LogP contribution in [0.1, 0.15) is 19.8 Å². The lowest BCUT2D eigenvalue weighted by molar-refractivity contribution is 0.182. The Balaban J connectivity index is 1.69. The van der Waals surface area contributed by atoms with Crippen LogP contribution in [0.3, 0.4) is 0 Å². The molecule has 1 aromatic carbocycles. The number of carbonyl (C=O) groups excluding carboxylic acids is 1. The molecule has 0 aliphatic carbocycles. The number of methoxy groups -OCH3 is 1. The van der Waals surface area contributed by atoms with Gasteiger partial charge in [0.15, 0.2) is 0 Å². The number of nitrogens with zero attached hydrogens (tertiary/aromatic N) is 2. The molecular formula is C18H25N3O2. The van der Waals surface area contributed by atoms with Crippen molar-refractivity contribution in [2.75, 3.05) is 32.1 Å². The van der Waals surface area contributed by atoms with Crippen molar-refractivity contribution in [3.63, 3.8) is 0 Å². The number of hydrogen-bond donors (Lipinski definition) is 1. The summed E-state index contributed by atoms with van der Waals surface area (Å²) in [5.74, 6) is 0.590. The third kappa shape index (κ3) is 3.67. The van der Waals surface area contributed by atoms with E-state index in [1.807, 2.05) is 17.0 Å². The Hall–Kier alpha value is -2.01. The summed E-state index contributed by atoms with van der Waals surface area (Å²) in [6.45, 7) is 5.42. The molecule has 1 aromatic heterocycles. The lowest BCUT2D eigenvalue weighted by Crippen LogP contribution is -2.41. The third-order valence-electron chi connectivity index (χ3n) is 4.50. The highest BCUT2D eigenvalue weighted by atomic mass is 16.5. The fraction of sp³-hybridized carbons (Fsp3) is 0.500. The van der Waals surface area contributed by atoms with Crippen molar-refractivity contribution in [1.82, 2.24) is 9.47 Å². The molecule has 1 saturated heterocycles. The van der Waals surface area contributed by atoms with E-state index < -0.39 is 0 Å². The number of likely N-dealkylation sites (tertiary alicyclic amines) is 1. The highest BCUT2D eigenvalue weighted by Gasteiger charge is 2.20. The summed E-state index contributed by atoms with van der Waals surface area (Å²) in [5.41, 5.74) is 2.01. The van der Waals surface area contributed by atoms with Crippen LogP contribution in [-0.4, -0.2) is 42.3 Å². The summed E-state index contributed by atoms with van der Waals surface area (Å²) in [6.07, 6.45) is 4.36. The first-order valence-corrected chi connectivity index (χ1v) is 8.31. The average molecular weight is 315 g/mol. The molecule has 2 aromatic rings. The predicted octanol–water partition coefficient (Wildman–Crippen LogP) is 3.55. The molecule has 1 aliphatic heterocycles. The second-order valence-corrected chi connectivity index (χ2v) is 6.40. The Morgan fingerprint density at radius 1 is 1.39 bits per heavy atom. The molecule has 0 unspecified atom stereocenters. The molecule has 0 saturated carbocycles. The number of ether oxygens (including phenoxy) is 1. The quantitative estimate of drug-likeness (QED) is 0.938. The average Bonchev–Trinajstić information content (AvgIpc) is 2.95. The number of piperidine rings is 1. The predicted molar refractivity (Wildman–Crippen MR) is 92.8 cm³/mol. The van der Waals surface area contributed by atoms with Crippen molar-refractivity contribution in [3.05, 3.63) is 30.5 Å². The Morgan fingerprint density at radius 3 is 3.04 bits per heavy atom. The van der Waals surface area contributed by atoms with Crippen LogP contribution in [0, 0.1) is 5.92 Å². The Morgan fingerprint density at radius 2 is 2.26 bits per heavy atom. The first-order valence-electron chi connectivity index (χ1n) is 8.31. The van der Waals surface area contributed by atoms with E-state index >= 15 is 0 Å². The first kappa shape index (κ1) is 15.9. The minimum absolute atomic E-state index is 0.00900. The van der Waals surface area contributed by atoms with Gasteiger partial charge in [0, 0.05) is 49.5 Å². The molecule has 2 amide bonds. The van der Waals surface area contributed by atoms with Gasteiger partial charge in [-0.25, -0.2) is 4.79 Å². The van der Waals surface area contributed by atoms with Crippen LogP contribution in [0.15, 0.2) is 30.5 Å². The number of nitrogens with one attached hydrogen (secondary N) is 1. The number of anilines is 1. The molecule has 0 radical (unpaired) electrons. The van der Waals surface area contributed by atoms with E-state index in [1.54, 1.807) is 7.11 Å². The summed E-state index contributed by atoms with van der Waals surface area (Å²) in [5, 5.41) is 4.16. The lowest BCUT2D eigenvalue weighted by atomic mass is 10.0. The molecule has 124 valence electrons. The van der Waals surface area contributed by atoms with Crippen molar-refractivity contribution in [1.29, 1.82) is 0 Å². The van der Waals surface area contributed by atoms with E-state index in [9.17, 15) is 4.79 Å².